The van der Waals surface area contributed by atoms with Gasteiger partial charge in [0, 0.05) is 10.7 Å². The summed E-state index contributed by atoms with van der Waals surface area (Å²) in [6.45, 7) is 0. The fourth-order valence-corrected chi connectivity index (χ4v) is 2.37. The summed E-state index contributed by atoms with van der Waals surface area (Å²) in [6.07, 6.45) is 0. The fourth-order valence-electron chi connectivity index (χ4n) is 1.54. The molecule has 0 aliphatic rings. The second-order valence-corrected chi connectivity index (χ2v) is 5.28. The zero-order valence-corrected chi connectivity index (χ0v) is 11.7. The molecule has 6 heteroatoms. The summed E-state index contributed by atoms with van der Waals surface area (Å²) < 4.78 is 0. The number of nitrogens with zero attached hydrogens (tertiary/aromatic N) is 1. The molecule has 4 nitrogen and oxygen atoms in total. The van der Waals surface area contributed by atoms with Gasteiger partial charge in [0.05, 0.1) is 10.9 Å². The predicted octanol–water partition coefficient (Wildman–Crippen LogP) is 3.36. The number of nitrogens with one attached hydrogen (secondary N) is 1. The molecular weight excluding hydrogens is 296 g/mol. The molecule has 1 N–H and O–H groups in total. The van der Waals surface area contributed by atoms with E-state index in [1.807, 2.05) is 0 Å². The van der Waals surface area contributed by atoms with E-state index < -0.39 is 17.6 Å². The molecule has 0 saturated heterocycles. The van der Waals surface area contributed by atoms with Gasteiger partial charge in [0.15, 0.2) is 11.7 Å². The highest BCUT2D eigenvalue weighted by Crippen LogP contribution is 2.18. The van der Waals surface area contributed by atoms with Crippen LogP contribution in [0.2, 0.25) is 5.02 Å². The molecule has 2 aromatic rings. The number of amides is 1. The first kappa shape index (κ1) is 14.3. The van der Waals surface area contributed by atoms with Crippen molar-refractivity contribution in [3.63, 3.8) is 0 Å². The second-order valence-electron chi connectivity index (χ2n) is 3.90. The van der Waals surface area contributed by atoms with Gasteiger partial charge in [-0.15, -0.1) is 11.3 Å². The Kier molecular flexibility index (Phi) is 4.51. The maximum atomic E-state index is 12.0. The number of thiophene rings is 1. The minimum atomic E-state index is -1.36. The first-order valence-corrected chi connectivity index (χ1v) is 6.91. The summed E-state index contributed by atoms with van der Waals surface area (Å²) in [6, 6.07) is 11.5. The number of anilines is 1. The minimum Gasteiger partial charge on any atom is -0.325 e. The van der Waals surface area contributed by atoms with E-state index in [-0.39, 0.29) is 0 Å². The summed E-state index contributed by atoms with van der Waals surface area (Å²) in [5.41, 5.74) is 0.485. The lowest BCUT2D eigenvalue weighted by molar-refractivity contribution is -0.117. The summed E-state index contributed by atoms with van der Waals surface area (Å²) in [7, 11) is 0. The highest BCUT2D eigenvalue weighted by molar-refractivity contribution is 7.12. The third kappa shape index (κ3) is 3.23. The molecule has 2 rings (SSSR count). The number of ketones is 1. The lowest BCUT2D eigenvalue weighted by Crippen LogP contribution is -2.28. The second kappa shape index (κ2) is 6.33. The van der Waals surface area contributed by atoms with E-state index >= 15 is 0 Å². The Hall–Kier alpha value is -2.16. The highest BCUT2D eigenvalue weighted by atomic mass is 35.5. The van der Waals surface area contributed by atoms with E-state index in [2.05, 4.69) is 5.32 Å². The number of halogens is 1. The number of rotatable bonds is 4. The van der Waals surface area contributed by atoms with Crippen LogP contribution in [0.4, 0.5) is 5.69 Å². The van der Waals surface area contributed by atoms with Crippen LogP contribution >= 0.6 is 22.9 Å². The molecule has 0 bridgehead atoms. The van der Waals surface area contributed by atoms with Crippen molar-refractivity contribution in [2.45, 2.75) is 0 Å². The van der Waals surface area contributed by atoms with Gasteiger partial charge in [-0.3, -0.25) is 9.59 Å². The van der Waals surface area contributed by atoms with Crippen LogP contribution in [0.15, 0.2) is 41.8 Å². The summed E-state index contributed by atoms with van der Waals surface area (Å²) in [5.74, 6) is -2.49. The van der Waals surface area contributed by atoms with Crippen molar-refractivity contribution in [3.05, 3.63) is 51.7 Å². The molecule has 1 amide bonds. The van der Waals surface area contributed by atoms with Crippen molar-refractivity contribution in [1.29, 1.82) is 5.26 Å². The van der Waals surface area contributed by atoms with Crippen LogP contribution in [-0.4, -0.2) is 11.7 Å². The van der Waals surface area contributed by atoms with E-state index in [0.717, 1.165) is 0 Å². The van der Waals surface area contributed by atoms with E-state index in [1.54, 1.807) is 47.8 Å². The van der Waals surface area contributed by atoms with Gasteiger partial charge in [0.25, 0.3) is 0 Å². The number of carbonyl (C=O) groups is 2. The smallest absolute Gasteiger partial charge is 0.249 e. The maximum Gasteiger partial charge on any atom is 0.249 e. The summed E-state index contributed by atoms with van der Waals surface area (Å²) in [4.78, 5) is 24.4. The van der Waals surface area contributed by atoms with Gasteiger partial charge in [-0.25, -0.2) is 0 Å². The van der Waals surface area contributed by atoms with Crippen molar-refractivity contribution in [3.8, 4) is 6.07 Å². The van der Waals surface area contributed by atoms with Crippen LogP contribution in [0.5, 0.6) is 0 Å². The molecule has 20 heavy (non-hydrogen) atoms. The Morgan fingerprint density at radius 1 is 1.25 bits per heavy atom. The lowest BCUT2D eigenvalue weighted by Gasteiger charge is -2.08. The third-order valence-electron chi connectivity index (χ3n) is 2.53. The Labute approximate surface area is 124 Å². The van der Waals surface area contributed by atoms with Crippen molar-refractivity contribution in [1.82, 2.24) is 0 Å². The summed E-state index contributed by atoms with van der Waals surface area (Å²) >= 11 is 6.94. The number of carbonyl (C=O) groups excluding carboxylic acids is 2. The maximum absolute atomic E-state index is 12.0. The molecule has 0 spiro atoms. The molecule has 0 fully saturated rings. The van der Waals surface area contributed by atoms with Crippen LogP contribution in [-0.2, 0) is 4.79 Å². The molecule has 0 aliphatic carbocycles. The molecular formula is C14H9ClN2O2S. The van der Waals surface area contributed by atoms with Gasteiger partial charge in [-0.1, -0.05) is 17.7 Å². The molecule has 1 atom stereocenters. The molecule has 0 radical (unpaired) electrons. The monoisotopic (exact) mass is 304 g/mol. The van der Waals surface area contributed by atoms with Gasteiger partial charge in [-0.2, -0.15) is 5.26 Å². The number of nitriles is 1. The van der Waals surface area contributed by atoms with E-state index in [0.29, 0.717) is 15.6 Å². The highest BCUT2D eigenvalue weighted by Gasteiger charge is 2.28. The third-order valence-corrected chi connectivity index (χ3v) is 3.67. The van der Waals surface area contributed by atoms with Crippen LogP contribution in [0.3, 0.4) is 0 Å². The van der Waals surface area contributed by atoms with Gasteiger partial charge >= 0.3 is 0 Å². The number of hydrogen-bond donors (Lipinski definition) is 1. The lowest BCUT2D eigenvalue weighted by atomic mass is 10.0. The topological polar surface area (TPSA) is 70.0 Å². The normalized spacial score (nSPS) is 11.4. The van der Waals surface area contributed by atoms with Crippen molar-refractivity contribution in [2.24, 2.45) is 5.92 Å². The molecule has 0 saturated carbocycles. The molecule has 0 unspecified atom stereocenters. The van der Waals surface area contributed by atoms with Gasteiger partial charge in [0.1, 0.15) is 0 Å². The number of hydrogen-bond acceptors (Lipinski definition) is 4. The standard InChI is InChI=1S/C14H9ClN2O2S/c15-9-3-5-10(6-4-9)17-14(19)11(8-16)13(18)12-2-1-7-20-12/h1-7,11H,(H,17,19)/t11-/m0/s1. The van der Waals surface area contributed by atoms with E-state index in [9.17, 15) is 9.59 Å². The van der Waals surface area contributed by atoms with Gasteiger partial charge in [-0.05, 0) is 35.7 Å². The van der Waals surface area contributed by atoms with Crippen LogP contribution in [0, 0.1) is 17.2 Å². The first-order valence-electron chi connectivity index (χ1n) is 5.65. The Morgan fingerprint density at radius 3 is 2.50 bits per heavy atom. The Bertz CT molecular complexity index is 659. The Balaban J connectivity index is 2.12. The Morgan fingerprint density at radius 2 is 1.95 bits per heavy atom. The van der Waals surface area contributed by atoms with Crippen molar-refractivity contribution in [2.75, 3.05) is 5.32 Å². The first-order chi connectivity index (χ1) is 9.61. The molecule has 1 heterocycles. The average molecular weight is 305 g/mol. The summed E-state index contributed by atoms with van der Waals surface area (Å²) in [5, 5.41) is 13.8. The molecule has 1 aromatic carbocycles. The largest absolute Gasteiger partial charge is 0.325 e. The SMILES string of the molecule is N#C[C@H](C(=O)Nc1ccc(Cl)cc1)C(=O)c1cccs1. The predicted molar refractivity (Wildman–Crippen MR) is 77.8 cm³/mol. The van der Waals surface area contributed by atoms with E-state index in [1.165, 1.54) is 11.3 Å². The number of Topliss-reactive ketones (excluding diaryl/α,β-unsaturated/α-hetero) is 1. The number of benzene rings is 1. The van der Waals surface area contributed by atoms with Crippen LogP contribution in [0.25, 0.3) is 0 Å². The quantitative estimate of drug-likeness (QED) is 0.695. The zero-order chi connectivity index (χ0) is 14.5. The molecule has 1 aromatic heterocycles. The van der Waals surface area contributed by atoms with Gasteiger partial charge in [0.2, 0.25) is 5.91 Å². The van der Waals surface area contributed by atoms with E-state index in [4.69, 9.17) is 16.9 Å². The van der Waals surface area contributed by atoms with Gasteiger partial charge < -0.3 is 5.32 Å². The average Bonchev–Trinajstić information content (AvgIpc) is 2.96. The van der Waals surface area contributed by atoms with Crippen LogP contribution < -0.4 is 5.32 Å². The zero-order valence-electron chi connectivity index (χ0n) is 10.2. The fraction of sp³-hybridized carbons (Fsp3) is 0.0714. The van der Waals surface area contributed by atoms with Crippen molar-refractivity contribution >= 4 is 40.3 Å². The molecule has 0 aliphatic heterocycles. The van der Waals surface area contributed by atoms with Crippen molar-refractivity contribution < 1.29 is 9.59 Å². The van der Waals surface area contributed by atoms with Crippen LogP contribution in [0.1, 0.15) is 9.67 Å². The molecule has 100 valence electrons. The minimum absolute atomic E-state index is 0.391.